The van der Waals surface area contributed by atoms with E-state index < -0.39 is 29.0 Å². The van der Waals surface area contributed by atoms with Gasteiger partial charge in [-0.05, 0) is 30.2 Å². The number of halogens is 3. The lowest BCUT2D eigenvalue weighted by Gasteiger charge is -2.45. The molecule has 1 spiro atoms. The number of alkyl halides is 3. The molecule has 1 heterocycles. The van der Waals surface area contributed by atoms with Gasteiger partial charge >= 0.3 is 6.18 Å². The van der Waals surface area contributed by atoms with Crippen LogP contribution in [0.4, 0.5) is 13.2 Å². The summed E-state index contributed by atoms with van der Waals surface area (Å²) in [7, 11) is 0. The number of rotatable bonds is 2. The highest BCUT2D eigenvalue weighted by Gasteiger charge is 2.70. The Bertz CT molecular complexity index is 811. The predicted octanol–water partition coefficient (Wildman–Crippen LogP) is 3.11. The molecule has 4 rings (SSSR count). The Morgan fingerprint density at radius 1 is 1.08 bits per heavy atom. The van der Waals surface area contributed by atoms with E-state index in [0.717, 1.165) is 24.2 Å². The van der Waals surface area contributed by atoms with Gasteiger partial charge in [0.25, 0.3) is 11.5 Å². The third kappa shape index (κ3) is 2.26. The van der Waals surface area contributed by atoms with Crippen molar-refractivity contribution in [1.29, 1.82) is 0 Å². The zero-order valence-electron chi connectivity index (χ0n) is 14.0. The number of hydrogen-bond acceptors (Lipinski definition) is 3. The molecule has 1 aromatic carbocycles. The highest BCUT2D eigenvalue weighted by molar-refractivity contribution is 6.11. The van der Waals surface area contributed by atoms with Crippen molar-refractivity contribution < 1.29 is 27.9 Å². The minimum atomic E-state index is -5.24. The average Bonchev–Trinajstić information content (AvgIpc) is 2.77. The number of aliphatic hydroxyl groups is 1. The highest BCUT2D eigenvalue weighted by Crippen LogP contribution is 2.57. The molecule has 138 valence electrons. The fourth-order valence-corrected chi connectivity index (χ4v) is 4.39. The summed E-state index contributed by atoms with van der Waals surface area (Å²) >= 11 is 0. The van der Waals surface area contributed by atoms with E-state index in [1.807, 2.05) is 0 Å². The number of amides is 1. The predicted molar refractivity (Wildman–Crippen MR) is 85.5 cm³/mol. The summed E-state index contributed by atoms with van der Waals surface area (Å²) in [5.74, 6) is -2.22. The van der Waals surface area contributed by atoms with Crippen molar-refractivity contribution in [3.63, 3.8) is 0 Å². The molecular formula is C19H18F3NO3. The maximum absolute atomic E-state index is 13.7. The van der Waals surface area contributed by atoms with Gasteiger partial charge in [-0.25, -0.2) is 0 Å². The number of ketones is 1. The van der Waals surface area contributed by atoms with E-state index in [9.17, 15) is 27.9 Å². The van der Waals surface area contributed by atoms with Crippen LogP contribution in [0.3, 0.4) is 0 Å². The second kappa shape index (κ2) is 5.42. The lowest BCUT2D eigenvalue weighted by molar-refractivity contribution is -0.238. The SMILES string of the molecule is O=C1CC2(CCC2)CC2=C1C(O)(C(F)(F)F)C(=O)N2Cc1ccccc1. The van der Waals surface area contributed by atoms with Gasteiger partial charge in [-0.3, -0.25) is 9.59 Å². The Kier molecular flexibility index (Phi) is 3.60. The van der Waals surface area contributed by atoms with Crippen molar-refractivity contribution in [2.24, 2.45) is 5.41 Å². The molecule has 4 nitrogen and oxygen atoms in total. The largest absolute Gasteiger partial charge is 0.430 e. The zero-order chi connectivity index (χ0) is 18.7. The van der Waals surface area contributed by atoms with E-state index in [-0.39, 0.29) is 30.5 Å². The second-order valence-electron chi connectivity index (χ2n) is 7.54. The Morgan fingerprint density at radius 3 is 2.27 bits per heavy atom. The van der Waals surface area contributed by atoms with Crippen molar-refractivity contribution in [3.8, 4) is 0 Å². The number of carbonyl (C=O) groups is 2. The molecule has 0 aromatic heterocycles. The van der Waals surface area contributed by atoms with Gasteiger partial charge in [-0.2, -0.15) is 13.2 Å². The van der Waals surface area contributed by atoms with Gasteiger partial charge in [-0.1, -0.05) is 36.8 Å². The first-order chi connectivity index (χ1) is 12.2. The second-order valence-corrected chi connectivity index (χ2v) is 7.54. The fraction of sp³-hybridized carbons (Fsp3) is 0.474. The van der Waals surface area contributed by atoms with Gasteiger partial charge in [0, 0.05) is 12.1 Å². The standard InChI is InChI=1S/C19H18F3NO3/c20-19(21,22)18(26)15-13(9-17(7-4-8-17)10-14(15)24)23(16(18)25)11-12-5-2-1-3-6-12/h1-3,5-6,26H,4,7-11H2. The summed E-state index contributed by atoms with van der Waals surface area (Å²) in [4.78, 5) is 26.2. The van der Waals surface area contributed by atoms with Crippen molar-refractivity contribution >= 4 is 11.7 Å². The number of benzene rings is 1. The smallest absolute Gasteiger partial charge is 0.368 e. The number of hydrogen-bond donors (Lipinski definition) is 1. The van der Waals surface area contributed by atoms with Crippen LogP contribution in [0.2, 0.25) is 0 Å². The molecule has 1 N–H and O–H groups in total. The summed E-state index contributed by atoms with van der Waals surface area (Å²) in [5, 5.41) is 10.4. The molecule has 2 aliphatic carbocycles. The van der Waals surface area contributed by atoms with Crippen molar-refractivity contribution in [3.05, 3.63) is 47.2 Å². The van der Waals surface area contributed by atoms with Crippen LogP contribution in [-0.2, 0) is 16.1 Å². The van der Waals surface area contributed by atoms with Crippen molar-refractivity contribution in [1.82, 2.24) is 4.90 Å². The van der Waals surface area contributed by atoms with Crippen LogP contribution in [0, 0.1) is 5.41 Å². The van der Waals surface area contributed by atoms with Gasteiger partial charge in [0.2, 0.25) is 0 Å². The molecule has 1 aromatic rings. The van der Waals surface area contributed by atoms with Gasteiger partial charge in [0.1, 0.15) is 0 Å². The summed E-state index contributed by atoms with van der Waals surface area (Å²) in [6.07, 6.45) is -2.61. The summed E-state index contributed by atoms with van der Waals surface area (Å²) in [5.41, 5.74) is -4.17. The minimum absolute atomic E-state index is 0.0311. The van der Waals surface area contributed by atoms with Crippen LogP contribution in [0.25, 0.3) is 0 Å². The van der Waals surface area contributed by atoms with Gasteiger partial charge in [0.05, 0.1) is 12.1 Å². The Labute approximate surface area is 148 Å². The molecule has 1 amide bonds. The van der Waals surface area contributed by atoms with Crippen LogP contribution in [0.5, 0.6) is 0 Å². The van der Waals surface area contributed by atoms with Crippen LogP contribution in [0.15, 0.2) is 41.6 Å². The summed E-state index contributed by atoms with van der Waals surface area (Å²) in [6, 6.07) is 8.60. The monoisotopic (exact) mass is 365 g/mol. The zero-order valence-corrected chi connectivity index (χ0v) is 14.0. The molecule has 1 fully saturated rings. The first kappa shape index (κ1) is 17.3. The summed E-state index contributed by atoms with van der Waals surface area (Å²) in [6.45, 7) is -0.0970. The van der Waals surface area contributed by atoms with Crippen molar-refractivity contribution in [2.75, 3.05) is 0 Å². The van der Waals surface area contributed by atoms with Crippen LogP contribution < -0.4 is 0 Å². The summed E-state index contributed by atoms with van der Waals surface area (Å²) < 4.78 is 41.0. The normalized spacial score (nSPS) is 27.8. The third-order valence-corrected chi connectivity index (χ3v) is 5.90. The van der Waals surface area contributed by atoms with Crippen molar-refractivity contribution in [2.45, 2.75) is 50.4 Å². The first-order valence-electron chi connectivity index (χ1n) is 8.60. The van der Waals surface area contributed by atoms with E-state index in [1.165, 1.54) is 0 Å². The van der Waals surface area contributed by atoms with E-state index in [0.29, 0.717) is 5.56 Å². The van der Waals surface area contributed by atoms with E-state index >= 15 is 0 Å². The Morgan fingerprint density at radius 2 is 1.73 bits per heavy atom. The lowest BCUT2D eigenvalue weighted by Crippen LogP contribution is -2.55. The number of allylic oxidation sites excluding steroid dienone is 1. The van der Waals surface area contributed by atoms with Crippen LogP contribution in [0.1, 0.15) is 37.7 Å². The molecular weight excluding hydrogens is 347 g/mol. The molecule has 7 heteroatoms. The van der Waals surface area contributed by atoms with Gasteiger partial charge < -0.3 is 10.0 Å². The molecule has 1 unspecified atom stereocenters. The maximum Gasteiger partial charge on any atom is 0.430 e. The molecule has 1 aliphatic heterocycles. The number of carbonyl (C=O) groups excluding carboxylic acids is 2. The van der Waals surface area contributed by atoms with E-state index in [4.69, 9.17) is 0 Å². The number of Topliss-reactive ketones (excluding diaryl/α,β-unsaturated/α-hetero) is 1. The van der Waals surface area contributed by atoms with Gasteiger partial charge in [-0.15, -0.1) is 0 Å². The van der Waals surface area contributed by atoms with E-state index in [2.05, 4.69) is 0 Å². The lowest BCUT2D eigenvalue weighted by atomic mass is 9.59. The van der Waals surface area contributed by atoms with Crippen LogP contribution in [-0.4, -0.2) is 33.5 Å². The Hall–Kier alpha value is -2.15. The molecule has 1 atom stereocenters. The first-order valence-corrected chi connectivity index (χ1v) is 8.60. The van der Waals surface area contributed by atoms with Gasteiger partial charge in [0.15, 0.2) is 5.78 Å². The average molecular weight is 365 g/mol. The van der Waals surface area contributed by atoms with E-state index in [1.54, 1.807) is 30.3 Å². The maximum atomic E-state index is 13.7. The molecule has 0 saturated heterocycles. The molecule has 0 radical (unpaired) electrons. The molecule has 0 bridgehead atoms. The molecule has 3 aliphatic rings. The topological polar surface area (TPSA) is 57.6 Å². The minimum Gasteiger partial charge on any atom is -0.368 e. The Balaban J connectivity index is 1.82. The number of nitrogens with zero attached hydrogens (tertiary/aromatic N) is 1. The van der Waals surface area contributed by atoms with Crippen LogP contribution >= 0.6 is 0 Å². The third-order valence-electron chi connectivity index (χ3n) is 5.90. The molecule has 26 heavy (non-hydrogen) atoms. The highest BCUT2D eigenvalue weighted by atomic mass is 19.4. The quantitative estimate of drug-likeness (QED) is 0.876. The fourth-order valence-electron chi connectivity index (χ4n) is 4.39. The molecule has 1 saturated carbocycles.